The minimum Gasteiger partial charge on any atom is -0.508 e. The number of allylic oxidation sites excluding steroid dienone is 1. The summed E-state index contributed by atoms with van der Waals surface area (Å²) in [6.07, 6.45) is -0.394. The number of ketones is 1. The molecular formula is C21H16O6. The van der Waals surface area contributed by atoms with E-state index in [9.17, 15) is 25.2 Å². The van der Waals surface area contributed by atoms with Crippen LogP contribution in [0.4, 0.5) is 0 Å². The molecule has 0 bridgehead atoms. The first-order valence-electron chi connectivity index (χ1n) is 8.54. The maximum Gasteiger partial charge on any atom is 0.190 e. The number of fused-ring (bicyclic) bond motifs is 2. The van der Waals surface area contributed by atoms with Gasteiger partial charge in [-0.3, -0.25) is 4.79 Å². The van der Waals surface area contributed by atoms with Gasteiger partial charge in [0.1, 0.15) is 29.8 Å². The predicted molar refractivity (Wildman–Crippen MR) is 98.9 cm³/mol. The minimum absolute atomic E-state index is 0.117. The maximum atomic E-state index is 12.4. The minimum atomic E-state index is -1.32. The van der Waals surface area contributed by atoms with Crippen LogP contribution in [0, 0.1) is 0 Å². The van der Waals surface area contributed by atoms with Crippen molar-refractivity contribution in [3.05, 3.63) is 52.6 Å². The number of aliphatic hydroxyl groups is 2. The lowest BCUT2D eigenvalue weighted by molar-refractivity contribution is -0.0814. The Labute approximate surface area is 153 Å². The topological polar surface area (TPSA) is 107 Å². The summed E-state index contributed by atoms with van der Waals surface area (Å²) in [5, 5.41) is 44.4. The zero-order valence-electron chi connectivity index (χ0n) is 14.3. The van der Waals surface area contributed by atoms with Crippen LogP contribution in [0.25, 0.3) is 27.6 Å². The molecule has 0 fully saturated rings. The lowest BCUT2D eigenvalue weighted by Crippen LogP contribution is -2.32. The number of phenols is 2. The summed E-state index contributed by atoms with van der Waals surface area (Å²) in [5.74, 6) is -0.540. The zero-order valence-corrected chi connectivity index (χ0v) is 14.3. The van der Waals surface area contributed by atoms with Crippen LogP contribution in [0.2, 0.25) is 0 Å². The molecule has 3 aromatic carbocycles. The van der Waals surface area contributed by atoms with Crippen molar-refractivity contribution in [2.24, 2.45) is 0 Å². The summed E-state index contributed by atoms with van der Waals surface area (Å²) >= 11 is 0. The highest BCUT2D eigenvalue weighted by molar-refractivity contribution is 6.26. The van der Waals surface area contributed by atoms with Gasteiger partial charge < -0.3 is 25.2 Å². The van der Waals surface area contributed by atoms with E-state index >= 15 is 0 Å². The van der Waals surface area contributed by atoms with Crippen molar-refractivity contribution >= 4 is 33.4 Å². The number of hydrogen-bond acceptors (Lipinski definition) is 6. The van der Waals surface area contributed by atoms with Crippen molar-refractivity contribution in [1.29, 1.82) is 0 Å². The number of aromatic hydroxyl groups is 2. The molecule has 3 atom stereocenters. The molecule has 0 radical (unpaired) electrons. The van der Waals surface area contributed by atoms with E-state index in [0.717, 1.165) is 0 Å². The lowest BCUT2D eigenvalue weighted by atomic mass is 9.76. The number of methoxy groups -OCH3 is 1. The molecule has 6 heteroatoms. The molecule has 0 aromatic heterocycles. The summed E-state index contributed by atoms with van der Waals surface area (Å²) in [6.45, 7) is 0. The third-order valence-electron chi connectivity index (χ3n) is 5.64. The van der Waals surface area contributed by atoms with Crippen molar-refractivity contribution in [3.8, 4) is 11.5 Å². The van der Waals surface area contributed by atoms with Crippen molar-refractivity contribution in [1.82, 2.24) is 0 Å². The van der Waals surface area contributed by atoms with Gasteiger partial charge in [-0.05, 0) is 51.6 Å². The molecule has 2 aliphatic rings. The van der Waals surface area contributed by atoms with Gasteiger partial charge in [0, 0.05) is 18.1 Å². The Kier molecular flexibility index (Phi) is 3.19. The quantitative estimate of drug-likeness (QED) is 0.495. The molecule has 0 unspecified atom stereocenters. The molecule has 0 saturated carbocycles. The van der Waals surface area contributed by atoms with Gasteiger partial charge in [-0.2, -0.15) is 0 Å². The lowest BCUT2D eigenvalue weighted by Gasteiger charge is -2.35. The number of rotatable bonds is 1. The summed E-state index contributed by atoms with van der Waals surface area (Å²) in [7, 11) is 1.43. The highest BCUT2D eigenvalue weighted by atomic mass is 16.5. The average molecular weight is 364 g/mol. The van der Waals surface area contributed by atoms with E-state index in [1.807, 2.05) is 0 Å². The molecule has 0 spiro atoms. The highest BCUT2D eigenvalue weighted by Crippen LogP contribution is 2.51. The molecule has 0 aliphatic heterocycles. The molecule has 6 nitrogen and oxygen atoms in total. The van der Waals surface area contributed by atoms with E-state index in [0.29, 0.717) is 32.7 Å². The fourth-order valence-electron chi connectivity index (χ4n) is 4.51. The van der Waals surface area contributed by atoms with Crippen molar-refractivity contribution in [3.63, 3.8) is 0 Å². The Balaban J connectivity index is 2.12. The predicted octanol–water partition coefficient (Wildman–Crippen LogP) is 2.71. The SMILES string of the molecule is CO[C@@H]1c2c3ccc(O)c4c3c(c3ccc(O)c(c23)[C@@H](O)[C@@H]1O)C=CC4=O. The second kappa shape index (κ2) is 5.29. The monoisotopic (exact) mass is 364 g/mol. The van der Waals surface area contributed by atoms with Gasteiger partial charge in [0.2, 0.25) is 0 Å². The number of ether oxygens (including phenoxy) is 1. The maximum absolute atomic E-state index is 12.4. The number of benzene rings is 3. The van der Waals surface area contributed by atoms with E-state index in [1.54, 1.807) is 18.2 Å². The number of carbonyl (C=O) groups excluding carboxylic acids is 1. The molecular weight excluding hydrogens is 348 g/mol. The third kappa shape index (κ3) is 1.87. The van der Waals surface area contributed by atoms with Gasteiger partial charge in [0.25, 0.3) is 0 Å². The van der Waals surface area contributed by atoms with Crippen LogP contribution in [0.1, 0.15) is 39.3 Å². The standard InChI is InChI=1S/C21H16O6/c1-27-21-16-10-4-7-12(23)17-11(22)5-2-8(14(10)17)9-3-6-13(24)18(15(9)16)19(25)20(21)26/h2-7,19-21,23-26H,1H3/t19-,20+,21-/m1/s1. The fourth-order valence-corrected chi connectivity index (χ4v) is 4.51. The van der Waals surface area contributed by atoms with Gasteiger partial charge in [0.05, 0.1) is 5.56 Å². The first-order valence-corrected chi connectivity index (χ1v) is 8.54. The summed E-state index contributed by atoms with van der Waals surface area (Å²) in [4.78, 5) is 12.4. The van der Waals surface area contributed by atoms with Gasteiger partial charge in [-0.15, -0.1) is 0 Å². The normalized spacial score (nSPS) is 23.4. The molecule has 27 heavy (non-hydrogen) atoms. The Morgan fingerprint density at radius 2 is 1.59 bits per heavy atom. The second-order valence-electron chi connectivity index (χ2n) is 6.92. The number of hydrogen-bond donors (Lipinski definition) is 4. The number of aliphatic hydroxyl groups excluding tert-OH is 2. The summed E-state index contributed by atoms with van der Waals surface area (Å²) < 4.78 is 5.50. The smallest absolute Gasteiger partial charge is 0.190 e. The van der Waals surface area contributed by atoms with Crippen molar-refractivity contribution in [2.75, 3.05) is 7.11 Å². The largest absolute Gasteiger partial charge is 0.508 e. The van der Waals surface area contributed by atoms with E-state index in [1.165, 1.54) is 25.3 Å². The molecule has 0 amide bonds. The number of phenolic OH excluding ortho intramolecular Hbond substituents is 2. The van der Waals surface area contributed by atoms with Crippen LogP contribution in [-0.4, -0.2) is 39.4 Å². The number of carbonyl (C=O) groups is 1. The van der Waals surface area contributed by atoms with E-state index < -0.39 is 18.3 Å². The summed E-state index contributed by atoms with van der Waals surface area (Å²) in [6, 6.07) is 6.27. The van der Waals surface area contributed by atoms with Crippen LogP contribution in [0.3, 0.4) is 0 Å². The highest BCUT2D eigenvalue weighted by Gasteiger charge is 2.40. The van der Waals surface area contributed by atoms with Gasteiger partial charge in [-0.25, -0.2) is 0 Å². The summed E-state index contributed by atoms with van der Waals surface area (Å²) in [5.41, 5.74) is 1.74. The van der Waals surface area contributed by atoms with Gasteiger partial charge >= 0.3 is 0 Å². The van der Waals surface area contributed by atoms with E-state index in [-0.39, 0.29) is 28.4 Å². The molecule has 4 N–H and O–H groups in total. The molecule has 0 saturated heterocycles. The second-order valence-corrected chi connectivity index (χ2v) is 6.92. The van der Waals surface area contributed by atoms with Crippen LogP contribution < -0.4 is 0 Å². The fraction of sp³-hybridized carbons (Fsp3) is 0.190. The average Bonchev–Trinajstić information content (AvgIpc) is 2.65. The Morgan fingerprint density at radius 1 is 0.889 bits per heavy atom. The molecule has 3 aromatic rings. The first-order chi connectivity index (χ1) is 13.0. The zero-order chi connectivity index (χ0) is 19.0. The van der Waals surface area contributed by atoms with E-state index in [2.05, 4.69) is 0 Å². The third-order valence-corrected chi connectivity index (χ3v) is 5.64. The molecule has 136 valence electrons. The van der Waals surface area contributed by atoms with Crippen molar-refractivity contribution in [2.45, 2.75) is 18.3 Å². The van der Waals surface area contributed by atoms with E-state index in [4.69, 9.17) is 4.74 Å². The van der Waals surface area contributed by atoms with Gasteiger partial charge in [0.15, 0.2) is 5.78 Å². The van der Waals surface area contributed by atoms with Gasteiger partial charge in [-0.1, -0.05) is 12.1 Å². The van der Waals surface area contributed by atoms with Crippen LogP contribution >= 0.6 is 0 Å². The first kappa shape index (κ1) is 16.3. The Bertz CT molecular complexity index is 1190. The van der Waals surface area contributed by atoms with Crippen LogP contribution in [0.15, 0.2) is 30.3 Å². The molecule has 2 aliphatic carbocycles. The molecule has 0 heterocycles. The van der Waals surface area contributed by atoms with Crippen LogP contribution in [-0.2, 0) is 4.74 Å². The molecule has 5 rings (SSSR count). The Morgan fingerprint density at radius 3 is 2.33 bits per heavy atom. The Hall–Kier alpha value is -2.93. The van der Waals surface area contributed by atoms with Crippen LogP contribution in [0.5, 0.6) is 11.5 Å². The van der Waals surface area contributed by atoms with Crippen molar-refractivity contribution < 1.29 is 30.0 Å².